The molecule has 2 heterocycles. The molecule has 7 heteroatoms. The molecule has 1 N–H and O–H groups in total. The zero-order valence-corrected chi connectivity index (χ0v) is 22.1. The molecule has 1 aromatic carbocycles. The molecule has 4 aliphatic rings. The van der Waals surface area contributed by atoms with Crippen LogP contribution in [0.25, 0.3) is 0 Å². The summed E-state index contributed by atoms with van der Waals surface area (Å²) in [6, 6.07) is 6.14. The van der Waals surface area contributed by atoms with Crippen molar-refractivity contribution < 1.29 is 29.1 Å². The molecule has 3 atom stereocenters. The fourth-order valence-corrected chi connectivity index (χ4v) is 5.73. The van der Waals surface area contributed by atoms with Crippen molar-refractivity contribution in [1.29, 1.82) is 0 Å². The quantitative estimate of drug-likeness (QED) is 0.548. The predicted molar refractivity (Wildman–Crippen MR) is 136 cm³/mol. The Bertz CT molecular complexity index is 1390. The van der Waals surface area contributed by atoms with Gasteiger partial charge in [-0.2, -0.15) is 0 Å². The zero-order chi connectivity index (χ0) is 27.2. The lowest BCUT2D eigenvalue weighted by Crippen LogP contribution is -2.47. The van der Waals surface area contributed by atoms with Crippen LogP contribution >= 0.6 is 0 Å². The first-order valence-corrected chi connectivity index (χ1v) is 12.5. The van der Waals surface area contributed by atoms with Gasteiger partial charge in [0.2, 0.25) is 0 Å². The normalized spacial score (nSPS) is 25.8. The summed E-state index contributed by atoms with van der Waals surface area (Å²) in [7, 11) is 0. The number of Topliss-reactive ketones (excluding diaryl/α,β-unsaturated/α-hetero) is 3. The summed E-state index contributed by atoms with van der Waals surface area (Å²) < 4.78 is 0. The lowest BCUT2D eigenvalue weighted by Gasteiger charge is -2.36. The minimum atomic E-state index is -0.960. The first kappa shape index (κ1) is 25.1. The largest absolute Gasteiger partial charge is 0.507 e. The predicted octanol–water partition coefficient (Wildman–Crippen LogP) is 4.92. The number of amides is 1. The number of ketones is 3. The minimum absolute atomic E-state index is 0.0896. The molecule has 2 aliphatic heterocycles. The van der Waals surface area contributed by atoms with E-state index in [4.69, 9.17) is 4.84 Å². The zero-order valence-electron chi connectivity index (χ0n) is 22.1. The van der Waals surface area contributed by atoms with Gasteiger partial charge in [-0.1, -0.05) is 65.8 Å². The van der Waals surface area contributed by atoms with E-state index in [-0.39, 0.29) is 17.1 Å². The van der Waals surface area contributed by atoms with E-state index < -0.39 is 51.9 Å². The van der Waals surface area contributed by atoms with Crippen LogP contribution in [0.3, 0.4) is 0 Å². The SMILES string of the molecule is CC(=O)C1=C(O)C(=C2C=C(C(C)(C)C)C(=O)C(C(C)(C)C)=C2)[C@H]2[C@H]3C(=O)c4ccccc4[C@H]3ON2C1=O. The number of hydrogen-bond acceptors (Lipinski definition) is 6. The Morgan fingerprint density at radius 3 is 2.05 bits per heavy atom. The highest BCUT2D eigenvalue weighted by Gasteiger charge is 2.60. The lowest BCUT2D eigenvalue weighted by molar-refractivity contribution is -0.184. The molecule has 7 nitrogen and oxygen atoms in total. The second kappa shape index (κ2) is 7.96. The fourth-order valence-electron chi connectivity index (χ4n) is 5.73. The summed E-state index contributed by atoms with van der Waals surface area (Å²) in [4.78, 5) is 59.1. The highest BCUT2D eigenvalue weighted by atomic mass is 16.7. The number of nitrogens with zero attached hydrogens (tertiary/aromatic N) is 1. The maximum absolute atomic E-state index is 13.6. The van der Waals surface area contributed by atoms with Crippen molar-refractivity contribution in [2.24, 2.45) is 16.7 Å². The third kappa shape index (κ3) is 3.59. The van der Waals surface area contributed by atoms with E-state index in [1.54, 1.807) is 36.4 Å². The Morgan fingerprint density at radius 2 is 1.51 bits per heavy atom. The Kier molecular flexibility index (Phi) is 5.40. The topological polar surface area (TPSA) is 101 Å². The van der Waals surface area contributed by atoms with Crippen molar-refractivity contribution in [1.82, 2.24) is 5.06 Å². The number of benzene rings is 1. The molecule has 37 heavy (non-hydrogen) atoms. The van der Waals surface area contributed by atoms with E-state index in [9.17, 15) is 24.3 Å². The Labute approximate surface area is 216 Å². The van der Waals surface area contributed by atoms with Gasteiger partial charge >= 0.3 is 0 Å². The molecule has 5 rings (SSSR count). The van der Waals surface area contributed by atoms with Crippen LogP contribution in [0.2, 0.25) is 0 Å². The van der Waals surface area contributed by atoms with Gasteiger partial charge in [-0.3, -0.25) is 24.0 Å². The van der Waals surface area contributed by atoms with Crippen molar-refractivity contribution in [3.63, 3.8) is 0 Å². The van der Waals surface area contributed by atoms with Gasteiger partial charge in [0, 0.05) is 22.3 Å². The average Bonchev–Trinajstić information content (AvgIpc) is 3.30. The van der Waals surface area contributed by atoms with E-state index in [0.29, 0.717) is 27.8 Å². The third-order valence-electron chi connectivity index (χ3n) is 7.55. The summed E-state index contributed by atoms with van der Waals surface area (Å²) in [5.41, 5.74) is 1.57. The van der Waals surface area contributed by atoms with Gasteiger partial charge in [0.1, 0.15) is 23.5 Å². The van der Waals surface area contributed by atoms with E-state index in [0.717, 1.165) is 5.06 Å². The summed E-state index contributed by atoms with van der Waals surface area (Å²) in [5, 5.41) is 12.6. The van der Waals surface area contributed by atoms with Crippen LogP contribution in [-0.4, -0.2) is 39.5 Å². The number of fused-ring (bicyclic) bond motifs is 5. The van der Waals surface area contributed by atoms with Gasteiger partial charge in [-0.25, -0.2) is 5.06 Å². The second-order valence-corrected chi connectivity index (χ2v) is 12.2. The molecule has 0 bridgehead atoms. The monoisotopic (exact) mass is 501 g/mol. The molecule has 0 aromatic heterocycles. The molecule has 1 fully saturated rings. The highest BCUT2D eigenvalue weighted by molar-refractivity contribution is 6.20. The van der Waals surface area contributed by atoms with Crippen molar-refractivity contribution in [2.75, 3.05) is 0 Å². The molecule has 1 saturated heterocycles. The lowest BCUT2D eigenvalue weighted by atomic mass is 9.70. The van der Waals surface area contributed by atoms with Crippen LogP contribution < -0.4 is 0 Å². The number of aliphatic hydroxyl groups excluding tert-OH is 1. The molecule has 0 unspecified atom stereocenters. The summed E-state index contributed by atoms with van der Waals surface area (Å²) in [6.07, 6.45) is 2.71. The van der Waals surface area contributed by atoms with Crippen LogP contribution in [0.5, 0.6) is 0 Å². The average molecular weight is 502 g/mol. The van der Waals surface area contributed by atoms with Crippen molar-refractivity contribution in [3.8, 4) is 0 Å². The fraction of sp³-hybridized carbons (Fsp3) is 0.400. The van der Waals surface area contributed by atoms with Crippen molar-refractivity contribution in [3.05, 3.63) is 81.2 Å². The van der Waals surface area contributed by atoms with Gasteiger partial charge in [0.25, 0.3) is 5.91 Å². The van der Waals surface area contributed by atoms with Crippen molar-refractivity contribution in [2.45, 2.75) is 60.6 Å². The summed E-state index contributed by atoms with van der Waals surface area (Å²) in [6.45, 7) is 12.8. The van der Waals surface area contributed by atoms with E-state index in [1.165, 1.54) is 6.92 Å². The number of rotatable bonds is 1. The van der Waals surface area contributed by atoms with Crippen molar-refractivity contribution >= 4 is 23.3 Å². The van der Waals surface area contributed by atoms with E-state index >= 15 is 0 Å². The minimum Gasteiger partial charge on any atom is -0.507 e. The highest BCUT2D eigenvalue weighted by Crippen LogP contribution is 2.53. The van der Waals surface area contributed by atoms with Gasteiger partial charge in [-0.15, -0.1) is 0 Å². The van der Waals surface area contributed by atoms with E-state index in [1.807, 2.05) is 41.5 Å². The number of hydroxylamine groups is 2. The number of allylic oxidation sites excluding steroid dienone is 5. The molecule has 1 aromatic rings. The first-order valence-electron chi connectivity index (χ1n) is 12.5. The molecule has 192 valence electrons. The maximum atomic E-state index is 13.6. The van der Waals surface area contributed by atoms with Gasteiger partial charge in [-0.05, 0) is 41.0 Å². The molecule has 1 amide bonds. The van der Waals surface area contributed by atoms with Crippen LogP contribution in [0.4, 0.5) is 0 Å². The van der Waals surface area contributed by atoms with Gasteiger partial charge < -0.3 is 5.11 Å². The molecule has 0 saturated carbocycles. The van der Waals surface area contributed by atoms with Crippen LogP contribution in [0.1, 0.15) is 70.5 Å². The maximum Gasteiger partial charge on any atom is 0.285 e. The van der Waals surface area contributed by atoms with E-state index in [2.05, 4.69) is 0 Å². The smallest absolute Gasteiger partial charge is 0.285 e. The second-order valence-electron chi connectivity index (χ2n) is 12.2. The molecule has 2 aliphatic carbocycles. The molecular weight excluding hydrogens is 470 g/mol. The number of aliphatic hydroxyl groups is 1. The number of hydrogen-bond donors (Lipinski definition) is 1. The van der Waals surface area contributed by atoms with Gasteiger partial charge in [0.15, 0.2) is 17.3 Å². The van der Waals surface area contributed by atoms with Crippen LogP contribution in [0.15, 0.2) is 70.0 Å². The van der Waals surface area contributed by atoms with Crippen LogP contribution in [0, 0.1) is 16.7 Å². The first-order chi connectivity index (χ1) is 17.1. The summed E-state index contributed by atoms with van der Waals surface area (Å²) >= 11 is 0. The Balaban J connectivity index is 1.83. The molecule has 0 spiro atoms. The third-order valence-corrected chi connectivity index (χ3v) is 7.55. The Morgan fingerprint density at radius 1 is 0.946 bits per heavy atom. The van der Waals surface area contributed by atoms with Gasteiger partial charge in [0.05, 0.1) is 5.92 Å². The molecule has 0 radical (unpaired) electrons. The summed E-state index contributed by atoms with van der Waals surface area (Å²) in [5.74, 6) is -2.93. The Hall–Kier alpha value is -3.58. The number of carbonyl (C=O) groups excluding carboxylic acids is 4. The van der Waals surface area contributed by atoms with Crippen LogP contribution in [-0.2, 0) is 19.2 Å². The number of carbonyl (C=O) groups is 4. The standard InChI is InChI=1S/C30H31NO6/c1-14(32)20-26(35)21(15-12-18(29(2,3)4)25(34)19(13-15)30(5,6)7)23-22-24(33)16-10-8-9-11-17(16)27(22)37-31(23)28(20)36/h8-13,22-23,27,35H,1-7H3/t22-,23-,27+/m0/s1. The molecular formula is C30H31NO6.